The monoisotopic (exact) mass is 1510 g/mol. The summed E-state index contributed by atoms with van der Waals surface area (Å²) in [7, 11) is 0. The molecule has 600 valence electrons. The summed E-state index contributed by atoms with van der Waals surface area (Å²) in [6.07, 6.45) is -51.7. The maximum atomic E-state index is 15.7. The van der Waals surface area contributed by atoms with Gasteiger partial charge in [0.05, 0.1) is 62.9 Å². The number of aliphatic hydroxyl groups is 19. The maximum Gasteiger partial charge on any atom is 0.336 e. The van der Waals surface area contributed by atoms with Crippen LogP contribution in [0.15, 0.2) is 11.6 Å². The summed E-state index contributed by atoms with van der Waals surface area (Å²) in [5.41, 5.74) is -10.3. The van der Waals surface area contributed by atoms with Crippen LogP contribution in [0, 0.1) is 50.2 Å². The molecule has 41 atom stereocenters. The minimum atomic E-state index is -3.29. The van der Waals surface area contributed by atoms with Gasteiger partial charge in [-0.3, -0.25) is 4.79 Å². The Balaban J connectivity index is 0.771. The summed E-state index contributed by atoms with van der Waals surface area (Å²) >= 11 is 0. The van der Waals surface area contributed by atoms with Crippen LogP contribution in [-0.4, -0.2) is 355 Å². The van der Waals surface area contributed by atoms with Crippen molar-refractivity contribution in [1.82, 2.24) is 0 Å². The number of hydrogen-bond donors (Lipinski definition) is 20. The SMILES string of the molecule is C[C@@H]1O[C@@H](O[C@H]2[C@H](OC(=O)[C@]34CCC(C)(C)C[C@@H]3C3=CC[C@@H]5[C@@]6(C)CC[C@H](O[C@@H]7O[C@H](C(=O)O)[C@](O)([C@@H]8OC[C@@H](O)[C@H](O)[C@H]8O)[C@H](O)[C@H]7O[C@@H]7O[C@H](CO)[C@H](O)[C@H](O)[C@H]7O)[C@@](C)(C=O)[C@@H]6CC[C@@]5(C)[C@]3(C)CC4O)O[C@H](C)[C@H](O)[C@@H]2O)[C@H](O)[C@H](O)[C@H]1O[C@@H]1OC[C@@H](O[C@@H]2OC[C@](O)(CO)[C@H]2O)[C@H](O)[C@H]1O. The zero-order valence-corrected chi connectivity index (χ0v) is 59.7. The standard InChI is InChI=1S/C69H108O36/c1-25-36(75)41(80)48(102-56-46(85)42(81)47(26(2)97-56)101-55-44(83)39(78)31(21-94-55)99-60-51(87)67(91,23-72)24-95-60)58(96-25)105-61(90)68-16-15-62(3,4)17-28(68)27-9-10-33-63(5)13-12-35(64(6,22-71)32(63)11-14-65(33,7)66(27,8)18-34(68)74)100-59-49(103-57-45(84)40(79)38(77)30(19-70)98-57)50(86)69(92,53(104-59)54(88)89)52-43(82)37(76)29(73)20-93-52/h9,22,25-26,28-53,55-60,70,72-87,91-92H,10-21,23-24H2,1-8H3,(H,88,89)/t25-,26+,28-,29-,30-,31-,32-,33-,34?,35+,36+,37+,38+,39+,40+,41+,42+,43-,44-,45-,46-,47+,48-,49-,50-,51+,52-,53-,55+,56+,57+,58+,59-,60+,63+,64+,65-,66-,67-,68-,69-/m1/s1. The molecule has 20 N–H and O–H groups in total. The van der Waals surface area contributed by atoms with Gasteiger partial charge in [0.2, 0.25) is 6.29 Å². The molecule has 7 aliphatic heterocycles. The van der Waals surface area contributed by atoms with Gasteiger partial charge in [-0.1, -0.05) is 53.2 Å². The molecule has 0 radical (unpaired) electrons. The molecule has 0 aromatic rings. The Morgan fingerprint density at radius 2 is 1.21 bits per heavy atom. The van der Waals surface area contributed by atoms with Gasteiger partial charge < -0.3 is 169 Å². The number of carboxylic acid groups (broad SMARTS) is 1. The highest BCUT2D eigenvalue weighted by molar-refractivity contribution is 5.80. The number of rotatable bonds is 17. The number of carbonyl (C=O) groups is 3. The first-order valence-electron chi connectivity index (χ1n) is 36.3. The van der Waals surface area contributed by atoms with E-state index >= 15 is 4.79 Å². The zero-order valence-electron chi connectivity index (χ0n) is 59.7. The second-order valence-corrected chi connectivity index (χ2v) is 33.5. The lowest BCUT2D eigenvalue weighted by molar-refractivity contribution is -0.400. The number of aliphatic carboxylic acids is 1. The fraction of sp³-hybridized carbons (Fsp3) is 0.928. The van der Waals surface area contributed by atoms with E-state index in [1.54, 1.807) is 6.92 Å². The molecule has 0 bridgehead atoms. The van der Waals surface area contributed by atoms with Crippen LogP contribution in [0.25, 0.3) is 0 Å². The summed E-state index contributed by atoms with van der Waals surface area (Å²) < 4.78 is 77.0. The van der Waals surface area contributed by atoms with E-state index in [2.05, 4.69) is 40.7 Å². The van der Waals surface area contributed by atoms with Gasteiger partial charge >= 0.3 is 11.9 Å². The van der Waals surface area contributed by atoms with Crippen LogP contribution in [0.5, 0.6) is 0 Å². The first-order chi connectivity index (χ1) is 49.1. The molecule has 5 aliphatic carbocycles. The van der Waals surface area contributed by atoms with Crippen molar-refractivity contribution in [3.63, 3.8) is 0 Å². The number of aldehydes is 1. The fourth-order valence-electron chi connectivity index (χ4n) is 20.4. The number of esters is 1. The van der Waals surface area contributed by atoms with Gasteiger partial charge in [0.15, 0.2) is 49.3 Å². The zero-order chi connectivity index (χ0) is 76.9. The van der Waals surface area contributed by atoms with Crippen molar-refractivity contribution in [2.45, 2.75) is 315 Å². The number of ether oxygens (including phenoxy) is 13. The van der Waals surface area contributed by atoms with E-state index in [4.69, 9.17) is 61.6 Å². The molecule has 36 heteroatoms. The van der Waals surface area contributed by atoms with Crippen LogP contribution in [0.1, 0.15) is 113 Å². The summed E-state index contributed by atoms with van der Waals surface area (Å²) in [4.78, 5) is 43.2. The van der Waals surface area contributed by atoms with E-state index in [9.17, 15) is 112 Å². The molecule has 7 heterocycles. The van der Waals surface area contributed by atoms with Gasteiger partial charge in [-0.2, -0.15) is 0 Å². The number of hydrogen-bond acceptors (Lipinski definition) is 35. The lowest BCUT2D eigenvalue weighted by Gasteiger charge is -2.71. The van der Waals surface area contributed by atoms with E-state index in [1.165, 1.54) is 13.8 Å². The quantitative estimate of drug-likeness (QED) is 0.0278. The molecule has 12 aliphatic rings. The van der Waals surface area contributed by atoms with Crippen molar-refractivity contribution in [2.24, 2.45) is 50.2 Å². The van der Waals surface area contributed by atoms with Gasteiger partial charge in [0.1, 0.15) is 133 Å². The van der Waals surface area contributed by atoms with E-state index in [0.717, 1.165) is 11.9 Å². The van der Waals surface area contributed by atoms with Crippen molar-refractivity contribution < 1.29 is 178 Å². The number of carboxylic acids is 1. The number of aliphatic hydroxyl groups excluding tert-OH is 17. The third kappa shape index (κ3) is 13.2. The van der Waals surface area contributed by atoms with Crippen molar-refractivity contribution in [3.05, 3.63) is 11.6 Å². The Labute approximate surface area is 604 Å². The van der Waals surface area contributed by atoms with E-state index < -0.39 is 291 Å². The predicted molar refractivity (Wildman–Crippen MR) is 342 cm³/mol. The van der Waals surface area contributed by atoms with Crippen LogP contribution in [0.4, 0.5) is 0 Å². The van der Waals surface area contributed by atoms with E-state index in [0.29, 0.717) is 38.5 Å². The first kappa shape index (κ1) is 81.6. The van der Waals surface area contributed by atoms with Gasteiger partial charge in [0.25, 0.3) is 0 Å². The highest BCUT2D eigenvalue weighted by Crippen LogP contribution is 2.76. The highest BCUT2D eigenvalue weighted by atomic mass is 16.8. The van der Waals surface area contributed by atoms with Crippen LogP contribution in [0.2, 0.25) is 0 Å². The molecule has 0 aromatic heterocycles. The van der Waals surface area contributed by atoms with Crippen molar-refractivity contribution in [1.29, 1.82) is 0 Å². The fourth-order valence-corrected chi connectivity index (χ4v) is 20.4. The summed E-state index contributed by atoms with van der Waals surface area (Å²) in [6, 6.07) is 0. The van der Waals surface area contributed by atoms with Crippen molar-refractivity contribution in [2.75, 3.05) is 33.0 Å². The smallest absolute Gasteiger partial charge is 0.336 e. The second kappa shape index (κ2) is 29.6. The molecular formula is C69H108O36. The van der Waals surface area contributed by atoms with Gasteiger partial charge in [-0.05, 0) is 111 Å². The molecule has 1 unspecified atom stereocenters. The van der Waals surface area contributed by atoms with Crippen LogP contribution in [-0.2, 0) is 76.0 Å². The average molecular weight is 1510 g/mol. The van der Waals surface area contributed by atoms with Gasteiger partial charge in [0, 0.05) is 0 Å². The molecule has 7 saturated heterocycles. The minimum absolute atomic E-state index is 0.0305. The predicted octanol–water partition coefficient (Wildman–Crippen LogP) is -6.96. The molecule has 4 saturated carbocycles. The molecule has 0 amide bonds. The van der Waals surface area contributed by atoms with Crippen molar-refractivity contribution in [3.8, 4) is 0 Å². The molecule has 36 nitrogen and oxygen atoms in total. The number of allylic oxidation sites excluding steroid dienone is 2. The normalized spacial score (nSPS) is 55.7. The minimum Gasteiger partial charge on any atom is -0.479 e. The van der Waals surface area contributed by atoms with E-state index in [1.807, 2.05) is 0 Å². The highest BCUT2D eigenvalue weighted by Gasteiger charge is 2.74. The van der Waals surface area contributed by atoms with Crippen molar-refractivity contribution >= 4 is 18.2 Å². The number of fused-ring (bicyclic) bond motifs is 7. The molecule has 0 spiro atoms. The van der Waals surface area contributed by atoms with Crippen LogP contribution >= 0.6 is 0 Å². The third-order valence-corrected chi connectivity index (χ3v) is 27.0. The molecular weight excluding hydrogens is 1400 g/mol. The largest absolute Gasteiger partial charge is 0.479 e. The Kier molecular flexibility index (Phi) is 23.0. The number of carbonyl (C=O) groups excluding carboxylic acids is 2. The Morgan fingerprint density at radius 1 is 0.571 bits per heavy atom. The average Bonchev–Trinajstić information content (AvgIpc) is 0.827. The third-order valence-electron chi connectivity index (χ3n) is 27.0. The lowest BCUT2D eigenvalue weighted by atomic mass is 9.33. The van der Waals surface area contributed by atoms with Crippen LogP contribution < -0.4 is 0 Å². The maximum absolute atomic E-state index is 15.7. The van der Waals surface area contributed by atoms with E-state index in [-0.39, 0.29) is 25.2 Å². The van der Waals surface area contributed by atoms with Gasteiger partial charge in [-0.15, -0.1) is 0 Å². The molecule has 11 fully saturated rings. The Bertz CT molecular complexity index is 3130. The lowest BCUT2D eigenvalue weighted by Crippen LogP contribution is -2.78. The molecule has 0 aromatic carbocycles. The second-order valence-electron chi connectivity index (χ2n) is 33.5. The summed E-state index contributed by atoms with van der Waals surface area (Å²) in [6.45, 7) is 11.4. The Hall–Kier alpha value is -2.89. The Morgan fingerprint density at radius 3 is 1.87 bits per heavy atom. The van der Waals surface area contributed by atoms with Gasteiger partial charge in [-0.25, -0.2) is 4.79 Å². The van der Waals surface area contributed by atoms with Crippen LogP contribution in [0.3, 0.4) is 0 Å². The first-order valence-corrected chi connectivity index (χ1v) is 36.3. The molecule has 12 rings (SSSR count). The summed E-state index contributed by atoms with van der Waals surface area (Å²) in [5, 5.41) is 223. The topological polar surface area (TPSA) is 576 Å². The summed E-state index contributed by atoms with van der Waals surface area (Å²) in [5.74, 6) is -4.32. The molecule has 105 heavy (non-hydrogen) atoms.